The van der Waals surface area contributed by atoms with Gasteiger partial charge in [-0.05, 0) is 25.9 Å². The molecule has 0 bridgehead atoms. The van der Waals surface area contributed by atoms with E-state index in [0.29, 0.717) is 0 Å². The first-order valence-electron chi connectivity index (χ1n) is 7.05. The van der Waals surface area contributed by atoms with Gasteiger partial charge in [-0.15, -0.1) is 0 Å². The molecule has 1 heterocycles. The second-order valence-corrected chi connectivity index (χ2v) is 5.12. The Morgan fingerprint density at radius 2 is 2.06 bits per heavy atom. The molecule has 0 spiro atoms. The van der Waals surface area contributed by atoms with Crippen LogP contribution in [0.15, 0.2) is 0 Å². The molecule has 0 amide bonds. The lowest BCUT2D eigenvalue weighted by Crippen LogP contribution is -2.56. The highest BCUT2D eigenvalue weighted by Crippen LogP contribution is 2.26. The fraction of sp³-hybridized carbons (Fsp3) is 1.00. The monoisotopic (exact) mass is 225 g/mol. The van der Waals surface area contributed by atoms with Crippen molar-refractivity contribution < 1.29 is 0 Å². The van der Waals surface area contributed by atoms with Crippen LogP contribution in [0.1, 0.15) is 33.1 Å². The van der Waals surface area contributed by atoms with E-state index >= 15 is 0 Å². The third-order valence-electron chi connectivity index (χ3n) is 4.35. The highest BCUT2D eigenvalue weighted by molar-refractivity contribution is 4.94. The lowest BCUT2D eigenvalue weighted by Gasteiger charge is -2.39. The minimum atomic E-state index is 0.797. The second kappa shape index (κ2) is 5.99. The number of likely N-dealkylation sites (N-methyl/N-ethyl adjacent to an activating group) is 1. The van der Waals surface area contributed by atoms with Crippen molar-refractivity contribution in [1.82, 2.24) is 15.1 Å². The fourth-order valence-electron chi connectivity index (χ4n) is 3.26. The van der Waals surface area contributed by atoms with Gasteiger partial charge in [-0.25, -0.2) is 0 Å². The van der Waals surface area contributed by atoms with Crippen molar-refractivity contribution in [1.29, 1.82) is 0 Å². The van der Waals surface area contributed by atoms with Crippen LogP contribution in [0, 0.1) is 0 Å². The quantitative estimate of drug-likeness (QED) is 0.757. The van der Waals surface area contributed by atoms with Gasteiger partial charge in [0.15, 0.2) is 0 Å². The first kappa shape index (κ1) is 12.3. The van der Waals surface area contributed by atoms with Crippen LogP contribution in [0.25, 0.3) is 0 Å². The molecular weight excluding hydrogens is 198 g/mol. The summed E-state index contributed by atoms with van der Waals surface area (Å²) in [7, 11) is 0. The standard InChI is InChI=1S/C13H27N3/c1-3-15(4-2)10-11-16-9-8-14-12-6-5-7-13(12)16/h12-14H,3-11H2,1-2H3/t12-,13-/m1/s1. The number of nitrogens with zero attached hydrogens (tertiary/aromatic N) is 2. The molecule has 3 nitrogen and oxygen atoms in total. The fourth-order valence-corrected chi connectivity index (χ4v) is 3.26. The molecule has 94 valence electrons. The van der Waals surface area contributed by atoms with Gasteiger partial charge in [-0.3, -0.25) is 4.90 Å². The van der Waals surface area contributed by atoms with E-state index in [2.05, 4.69) is 29.0 Å². The SMILES string of the molecule is CCN(CC)CCN1CCN[C@@H]2CCC[C@H]21. The van der Waals surface area contributed by atoms with Crippen molar-refractivity contribution in [3.8, 4) is 0 Å². The van der Waals surface area contributed by atoms with Crippen LogP contribution in [0.3, 0.4) is 0 Å². The van der Waals surface area contributed by atoms with Gasteiger partial charge in [0, 0.05) is 38.3 Å². The van der Waals surface area contributed by atoms with E-state index in [4.69, 9.17) is 0 Å². The first-order chi connectivity index (χ1) is 7.85. The number of fused-ring (bicyclic) bond motifs is 1. The summed E-state index contributed by atoms with van der Waals surface area (Å²) in [6, 6.07) is 1.63. The summed E-state index contributed by atoms with van der Waals surface area (Å²) in [6.45, 7) is 11.9. The van der Waals surface area contributed by atoms with E-state index in [1.807, 2.05) is 0 Å². The Bertz CT molecular complexity index is 203. The van der Waals surface area contributed by atoms with E-state index < -0.39 is 0 Å². The molecule has 16 heavy (non-hydrogen) atoms. The molecule has 1 saturated heterocycles. The van der Waals surface area contributed by atoms with E-state index in [1.54, 1.807) is 0 Å². The van der Waals surface area contributed by atoms with Gasteiger partial charge in [0.2, 0.25) is 0 Å². The second-order valence-electron chi connectivity index (χ2n) is 5.12. The maximum atomic E-state index is 3.67. The Balaban J connectivity index is 1.79. The maximum absolute atomic E-state index is 3.67. The average molecular weight is 225 g/mol. The molecular formula is C13H27N3. The van der Waals surface area contributed by atoms with Crippen LogP contribution in [0.2, 0.25) is 0 Å². The lowest BCUT2D eigenvalue weighted by atomic mass is 10.1. The summed E-state index contributed by atoms with van der Waals surface area (Å²) in [6.07, 6.45) is 4.23. The van der Waals surface area contributed by atoms with Crippen LogP contribution in [0.5, 0.6) is 0 Å². The van der Waals surface area contributed by atoms with Crippen LogP contribution in [-0.4, -0.2) is 61.2 Å². The molecule has 2 fully saturated rings. The van der Waals surface area contributed by atoms with Gasteiger partial charge >= 0.3 is 0 Å². The van der Waals surface area contributed by atoms with E-state index in [0.717, 1.165) is 12.1 Å². The van der Waals surface area contributed by atoms with Crippen molar-refractivity contribution in [2.75, 3.05) is 39.3 Å². The minimum absolute atomic E-state index is 0.797. The van der Waals surface area contributed by atoms with Crippen LogP contribution in [-0.2, 0) is 0 Å². The number of piperazine rings is 1. The molecule has 2 aliphatic rings. The van der Waals surface area contributed by atoms with Crippen molar-refractivity contribution in [3.05, 3.63) is 0 Å². The molecule has 3 heteroatoms. The normalized spacial score (nSPS) is 30.9. The van der Waals surface area contributed by atoms with E-state index in [-0.39, 0.29) is 0 Å². The van der Waals surface area contributed by atoms with E-state index in [9.17, 15) is 0 Å². The van der Waals surface area contributed by atoms with Crippen LogP contribution in [0.4, 0.5) is 0 Å². The van der Waals surface area contributed by atoms with Crippen molar-refractivity contribution in [2.24, 2.45) is 0 Å². The van der Waals surface area contributed by atoms with Crippen molar-refractivity contribution in [3.63, 3.8) is 0 Å². The Hall–Kier alpha value is -0.120. The molecule has 0 unspecified atom stereocenters. The van der Waals surface area contributed by atoms with Gasteiger partial charge in [0.25, 0.3) is 0 Å². The Morgan fingerprint density at radius 3 is 2.81 bits per heavy atom. The van der Waals surface area contributed by atoms with Crippen molar-refractivity contribution >= 4 is 0 Å². The number of nitrogens with one attached hydrogen (secondary N) is 1. The highest BCUT2D eigenvalue weighted by Gasteiger charge is 2.34. The summed E-state index contributed by atoms with van der Waals surface area (Å²) in [5.41, 5.74) is 0. The van der Waals surface area contributed by atoms with Gasteiger partial charge in [0.1, 0.15) is 0 Å². The lowest BCUT2D eigenvalue weighted by molar-refractivity contribution is 0.119. The molecule has 1 N–H and O–H groups in total. The van der Waals surface area contributed by atoms with Crippen molar-refractivity contribution in [2.45, 2.75) is 45.2 Å². The zero-order chi connectivity index (χ0) is 11.4. The Kier molecular flexibility index (Phi) is 4.62. The molecule has 1 aliphatic carbocycles. The minimum Gasteiger partial charge on any atom is -0.311 e. The van der Waals surface area contributed by atoms with Gasteiger partial charge in [0.05, 0.1) is 0 Å². The largest absolute Gasteiger partial charge is 0.311 e. The zero-order valence-corrected chi connectivity index (χ0v) is 10.9. The molecule has 0 aromatic carbocycles. The van der Waals surface area contributed by atoms with Gasteiger partial charge in [-0.1, -0.05) is 20.3 Å². The molecule has 2 atom stereocenters. The summed E-state index contributed by atoms with van der Waals surface area (Å²) in [4.78, 5) is 5.26. The van der Waals surface area contributed by atoms with Crippen LogP contribution < -0.4 is 5.32 Å². The third kappa shape index (κ3) is 2.76. The topological polar surface area (TPSA) is 18.5 Å². The van der Waals surface area contributed by atoms with E-state index in [1.165, 1.54) is 58.5 Å². The Morgan fingerprint density at radius 1 is 1.25 bits per heavy atom. The summed E-state index contributed by atoms with van der Waals surface area (Å²) in [5, 5.41) is 3.67. The predicted molar refractivity (Wildman–Crippen MR) is 68.8 cm³/mol. The Labute approximate surface area is 100 Å². The summed E-state index contributed by atoms with van der Waals surface area (Å²) < 4.78 is 0. The molecule has 1 saturated carbocycles. The number of hydrogen-bond acceptors (Lipinski definition) is 3. The molecule has 0 radical (unpaired) electrons. The molecule has 2 rings (SSSR count). The molecule has 0 aromatic rings. The first-order valence-corrected chi connectivity index (χ1v) is 7.05. The zero-order valence-electron chi connectivity index (χ0n) is 10.9. The third-order valence-corrected chi connectivity index (χ3v) is 4.35. The molecule has 1 aliphatic heterocycles. The predicted octanol–water partition coefficient (Wildman–Crippen LogP) is 1.15. The highest BCUT2D eigenvalue weighted by atomic mass is 15.3. The van der Waals surface area contributed by atoms with Gasteiger partial charge < -0.3 is 10.2 Å². The summed E-state index contributed by atoms with van der Waals surface area (Å²) >= 11 is 0. The average Bonchev–Trinajstić information content (AvgIpc) is 2.79. The summed E-state index contributed by atoms with van der Waals surface area (Å²) in [5.74, 6) is 0. The van der Waals surface area contributed by atoms with Crippen LogP contribution >= 0.6 is 0 Å². The molecule has 0 aromatic heterocycles. The number of hydrogen-bond donors (Lipinski definition) is 1. The van der Waals surface area contributed by atoms with Gasteiger partial charge in [-0.2, -0.15) is 0 Å². The smallest absolute Gasteiger partial charge is 0.0250 e. The number of rotatable bonds is 5. The maximum Gasteiger partial charge on any atom is 0.0250 e.